The van der Waals surface area contributed by atoms with Crippen molar-refractivity contribution in [1.82, 2.24) is 5.32 Å². The summed E-state index contributed by atoms with van der Waals surface area (Å²) >= 11 is 0. The van der Waals surface area contributed by atoms with Crippen LogP contribution >= 0.6 is 0 Å². The minimum Gasteiger partial charge on any atom is -0.481 e. The maximum Gasteiger partial charge on any atom is 0.308 e. The second kappa shape index (κ2) is 7.68. The van der Waals surface area contributed by atoms with Crippen LogP contribution in [0.5, 0.6) is 0 Å². The number of nitrogens with one attached hydrogen (secondary N) is 1. The Bertz CT molecular complexity index is 444. The van der Waals surface area contributed by atoms with Crippen molar-refractivity contribution >= 4 is 11.9 Å². The lowest BCUT2D eigenvalue weighted by atomic mass is 9.96. The van der Waals surface area contributed by atoms with Gasteiger partial charge in [-0.1, -0.05) is 37.3 Å². The zero-order valence-corrected chi connectivity index (χ0v) is 12.3. The molecule has 0 saturated carbocycles. The Morgan fingerprint density at radius 1 is 1.15 bits per heavy atom. The molecular formula is C16H23NO3. The minimum absolute atomic E-state index is 0.0895. The standard InChI is InChI=1S/C16H23NO3/c1-11(14-7-5-4-6-8-14)9-10-15(18)17-13(3)12(2)16(19)20/h4-8,11-13H,9-10H2,1-3H3,(H,17,18)(H,19,20). The summed E-state index contributed by atoms with van der Waals surface area (Å²) in [6.07, 6.45) is 1.16. The molecule has 0 fully saturated rings. The Morgan fingerprint density at radius 2 is 1.75 bits per heavy atom. The first kappa shape index (κ1) is 16.2. The van der Waals surface area contributed by atoms with Crippen molar-refractivity contribution in [3.63, 3.8) is 0 Å². The number of hydrogen-bond donors (Lipinski definition) is 2. The molecule has 110 valence electrons. The van der Waals surface area contributed by atoms with E-state index < -0.39 is 11.9 Å². The van der Waals surface area contributed by atoms with Gasteiger partial charge >= 0.3 is 5.97 Å². The number of carboxylic acids is 1. The van der Waals surface area contributed by atoms with Gasteiger partial charge in [-0.15, -0.1) is 0 Å². The molecule has 2 N–H and O–H groups in total. The fourth-order valence-electron chi connectivity index (χ4n) is 1.96. The number of benzene rings is 1. The largest absolute Gasteiger partial charge is 0.481 e. The van der Waals surface area contributed by atoms with Crippen molar-refractivity contribution in [1.29, 1.82) is 0 Å². The zero-order valence-electron chi connectivity index (χ0n) is 12.3. The first-order valence-electron chi connectivity index (χ1n) is 6.99. The molecule has 1 rings (SSSR count). The highest BCUT2D eigenvalue weighted by Gasteiger charge is 2.21. The van der Waals surface area contributed by atoms with Gasteiger partial charge in [-0.2, -0.15) is 0 Å². The number of carbonyl (C=O) groups excluding carboxylic acids is 1. The SMILES string of the molecule is CC(CCC(=O)NC(C)C(C)C(=O)O)c1ccccc1. The lowest BCUT2D eigenvalue weighted by molar-refractivity contribution is -0.142. The Hall–Kier alpha value is -1.84. The third kappa shape index (κ3) is 5.03. The van der Waals surface area contributed by atoms with Crippen LogP contribution in [0.3, 0.4) is 0 Å². The lowest BCUT2D eigenvalue weighted by Gasteiger charge is -2.18. The summed E-state index contributed by atoms with van der Waals surface area (Å²) in [5.74, 6) is -1.25. The molecule has 4 heteroatoms. The predicted molar refractivity (Wildman–Crippen MR) is 78.5 cm³/mol. The van der Waals surface area contributed by atoms with E-state index in [0.717, 1.165) is 6.42 Å². The number of carboxylic acid groups (broad SMARTS) is 1. The van der Waals surface area contributed by atoms with Gasteiger partial charge in [-0.3, -0.25) is 9.59 Å². The smallest absolute Gasteiger partial charge is 0.308 e. The van der Waals surface area contributed by atoms with E-state index in [1.54, 1.807) is 13.8 Å². The first-order valence-corrected chi connectivity index (χ1v) is 6.99. The van der Waals surface area contributed by atoms with Crippen molar-refractivity contribution in [3.8, 4) is 0 Å². The van der Waals surface area contributed by atoms with Crippen LogP contribution < -0.4 is 5.32 Å². The quantitative estimate of drug-likeness (QED) is 0.805. The highest BCUT2D eigenvalue weighted by Crippen LogP contribution is 2.20. The third-order valence-electron chi connectivity index (χ3n) is 3.70. The van der Waals surface area contributed by atoms with E-state index in [-0.39, 0.29) is 11.9 Å². The van der Waals surface area contributed by atoms with Crippen LogP contribution in [-0.4, -0.2) is 23.0 Å². The van der Waals surface area contributed by atoms with E-state index in [1.807, 2.05) is 18.2 Å². The topological polar surface area (TPSA) is 66.4 Å². The molecule has 1 aromatic rings. The fraction of sp³-hybridized carbons (Fsp3) is 0.500. The van der Waals surface area contributed by atoms with Gasteiger partial charge in [0.1, 0.15) is 0 Å². The molecule has 20 heavy (non-hydrogen) atoms. The summed E-state index contributed by atoms with van der Waals surface area (Å²) < 4.78 is 0. The summed E-state index contributed by atoms with van der Waals surface area (Å²) in [4.78, 5) is 22.6. The minimum atomic E-state index is -0.893. The normalized spacial score (nSPS) is 15.2. The zero-order chi connectivity index (χ0) is 15.1. The predicted octanol–water partition coefficient (Wildman–Crippen LogP) is 2.80. The summed E-state index contributed by atoms with van der Waals surface area (Å²) in [7, 11) is 0. The molecule has 1 aromatic carbocycles. The van der Waals surface area contributed by atoms with Crippen molar-refractivity contribution in [3.05, 3.63) is 35.9 Å². The number of aliphatic carboxylic acids is 1. The van der Waals surface area contributed by atoms with Crippen molar-refractivity contribution < 1.29 is 14.7 Å². The van der Waals surface area contributed by atoms with E-state index >= 15 is 0 Å². The van der Waals surface area contributed by atoms with E-state index in [0.29, 0.717) is 12.3 Å². The van der Waals surface area contributed by atoms with Gasteiger partial charge in [-0.25, -0.2) is 0 Å². The Labute approximate surface area is 120 Å². The van der Waals surface area contributed by atoms with Gasteiger partial charge in [0.25, 0.3) is 0 Å². The Kier molecular flexibility index (Phi) is 6.22. The van der Waals surface area contributed by atoms with Gasteiger partial charge in [0.2, 0.25) is 5.91 Å². The van der Waals surface area contributed by atoms with Gasteiger partial charge in [-0.05, 0) is 31.7 Å². The summed E-state index contributed by atoms with van der Waals surface area (Å²) in [5.41, 5.74) is 1.22. The van der Waals surface area contributed by atoms with Gasteiger partial charge in [0.05, 0.1) is 5.92 Å². The number of carbonyl (C=O) groups is 2. The number of hydrogen-bond acceptors (Lipinski definition) is 2. The van der Waals surface area contributed by atoms with Gasteiger partial charge < -0.3 is 10.4 Å². The van der Waals surface area contributed by atoms with Crippen LogP contribution in [0.15, 0.2) is 30.3 Å². The average molecular weight is 277 g/mol. The summed E-state index contributed by atoms with van der Waals surface area (Å²) in [6.45, 7) is 5.41. The maximum atomic E-state index is 11.8. The molecule has 0 saturated heterocycles. The average Bonchev–Trinajstić information content (AvgIpc) is 2.44. The monoisotopic (exact) mass is 277 g/mol. The van der Waals surface area contributed by atoms with Gasteiger partial charge in [0, 0.05) is 12.5 Å². The summed E-state index contributed by atoms with van der Waals surface area (Å²) in [6, 6.07) is 9.70. The van der Waals surface area contributed by atoms with E-state index in [2.05, 4.69) is 24.4 Å². The highest BCUT2D eigenvalue weighted by molar-refractivity contribution is 5.78. The molecule has 0 aromatic heterocycles. The van der Waals surface area contributed by atoms with E-state index in [9.17, 15) is 9.59 Å². The molecule has 0 aliphatic carbocycles. The number of amides is 1. The highest BCUT2D eigenvalue weighted by atomic mass is 16.4. The molecule has 4 nitrogen and oxygen atoms in total. The maximum absolute atomic E-state index is 11.8. The molecule has 0 heterocycles. The fourth-order valence-corrected chi connectivity index (χ4v) is 1.96. The lowest BCUT2D eigenvalue weighted by Crippen LogP contribution is -2.40. The first-order chi connectivity index (χ1) is 9.41. The molecule has 0 radical (unpaired) electrons. The molecule has 0 aliphatic heterocycles. The van der Waals surface area contributed by atoms with E-state index in [4.69, 9.17) is 5.11 Å². The van der Waals surface area contributed by atoms with Crippen molar-refractivity contribution in [2.75, 3.05) is 0 Å². The molecule has 1 amide bonds. The number of rotatable bonds is 7. The van der Waals surface area contributed by atoms with Crippen molar-refractivity contribution in [2.24, 2.45) is 5.92 Å². The molecule has 0 aliphatic rings. The van der Waals surface area contributed by atoms with Crippen LogP contribution in [0, 0.1) is 5.92 Å². The molecular weight excluding hydrogens is 254 g/mol. The Balaban J connectivity index is 2.38. The molecule has 0 bridgehead atoms. The van der Waals surface area contributed by atoms with Crippen LogP contribution in [0.25, 0.3) is 0 Å². The van der Waals surface area contributed by atoms with Crippen molar-refractivity contribution in [2.45, 2.75) is 45.6 Å². The second-order valence-electron chi connectivity index (χ2n) is 5.33. The van der Waals surface area contributed by atoms with Crippen LogP contribution in [-0.2, 0) is 9.59 Å². The van der Waals surface area contributed by atoms with Crippen LogP contribution in [0.4, 0.5) is 0 Å². The Morgan fingerprint density at radius 3 is 2.30 bits per heavy atom. The molecule has 3 atom stereocenters. The summed E-state index contributed by atoms with van der Waals surface area (Å²) in [5, 5.41) is 11.6. The van der Waals surface area contributed by atoms with Gasteiger partial charge in [0.15, 0.2) is 0 Å². The molecule has 0 spiro atoms. The van der Waals surface area contributed by atoms with Crippen LogP contribution in [0.2, 0.25) is 0 Å². The van der Waals surface area contributed by atoms with E-state index in [1.165, 1.54) is 5.56 Å². The van der Waals surface area contributed by atoms with Crippen LogP contribution in [0.1, 0.15) is 45.1 Å². The third-order valence-corrected chi connectivity index (χ3v) is 3.70. The molecule has 3 unspecified atom stereocenters. The second-order valence-corrected chi connectivity index (χ2v) is 5.33.